The van der Waals surface area contributed by atoms with Crippen LogP contribution in [-0.2, 0) is 20.8 Å². The minimum absolute atomic E-state index is 0.0120. The predicted octanol–water partition coefficient (Wildman–Crippen LogP) is 3.65. The lowest BCUT2D eigenvalue weighted by Crippen LogP contribution is -2.77. The van der Waals surface area contributed by atoms with E-state index < -0.39 is 45.4 Å². The maximum Gasteiger partial charge on any atom is 0.248 e. The lowest BCUT2D eigenvalue weighted by Gasteiger charge is -2.57. The number of anilines is 2. The number of hydrogen-bond acceptors (Lipinski definition) is 6. The summed E-state index contributed by atoms with van der Waals surface area (Å²) in [6.07, 6.45) is 3.50. The minimum atomic E-state index is -1.56. The second kappa shape index (κ2) is 7.17. The first-order chi connectivity index (χ1) is 18.8. The second-order valence-electron chi connectivity index (χ2n) is 13.2. The molecule has 3 fully saturated rings. The molecule has 5 aliphatic heterocycles. The van der Waals surface area contributed by atoms with E-state index in [1.807, 2.05) is 76.2 Å². The summed E-state index contributed by atoms with van der Waals surface area (Å²) >= 11 is 0. The van der Waals surface area contributed by atoms with Crippen molar-refractivity contribution in [2.75, 3.05) is 10.6 Å². The van der Waals surface area contributed by atoms with Crippen molar-refractivity contribution in [3.63, 3.8) is 0 Å². The maximum absolute atomic E-state index is 14.9. The average molecular weight is 541 g/mol. The maximum atomic E-state index is 14.9. The van der Waals surface area contributed by atoms with E-state index in [-0.39, 0.29) is 24.7 Å². The molecule has 7 rings (SSSR count). The van der Waals surface area contributed by atoms with Crippen molar-refractivity contribution in [1.29, 1.82) is 0 Å². The Hall–Kier alpha value is -3.62. The van der Waals surface area contributed by atoms with E-state index in [2.05, 4.69) is 23.8 Å². The Kier molecular flexibility index (Phi) is 4.54. The van der Waals surface area contributed by atoms with Crippen LogP contribution < -0.4 is 10.6 Å². The highest BCUT2D eigenvalue weighted by Gasteiger charge is 2.81. The van der Waals surface area contributed by atoms with Crippen LogP contribution in [0.5, 0.6) is 0 Å². The summed E-state index contributed by atoms with van der Waals surface area (Å²) in [7, 11) is 0. The van der Waals surface area contributed by atoms with Gasteiger partial charge in [0.15, 0.2) is 11.3 Å². The molecule has 208 valence electrons. The van der Waals surface area contributed by atoms with Crippen LogP contribution in [0.2, 0.25) is 0 Å². The molecule has 40 heavy (non-hydrogen) atoms. The molecule has 5 aliphatic rings. The highest BCUT2D eigenvalue weighted by Crippen LogP contribution is 2.68. The third-order valence-corrected chi connectivity index (χ3v) is 10.8. The molecule has 2 amide bonds. The van der Waals surface area contributed by atoms with Crippen LogP contribution in [-0.4, -0.2) is 55.2 Å². The van der Waals surface area contributed by atoms with E-state index >= 15 is 0 Å². The van der Waals surface area contributed by atoms with Crippen LogP contribution in [0.3, 0.4) is 0 Å². The molecule has 8 heteroatoms. The Balaban J connectivity index is 1.46. The molecule has 6 atom stereocenters. The number of piperazine rings is 1. The number of carbonyl (C=O) groups excluding carboxylic acids is 2. The van der Waals surface area contributed by atoms with E-state index in [4.69, 9.17) is 0 Å². The van der Waals surface area contributed by atoms with Crippen LogP contribution in [0, 0.1) is 10.8 Å². The van der Waals surface area contributed by atoms with Crippen molar-refractivity contribution in [2.24, 2.45) is 10.8 Å². The molecule has 0 aromatic heterocycles. The van der Waals surface area contributed by atoms with Crippen LogP contribution in [0.4, 0.5) is 11.4 Å². The Morgan fingerprint density at radius 3 is 1.45 bits per heavy atom. The first kappa shape index (κ1) is 25.4. The molecule has 2 aromatic rings. The van der Waals surface area contributed by atoms with E-state index in [0.717, 1.165) is 11.4 Å². The topological polar surface area (TPSA) is 105 Å². The summed E-state index contributed by atoms with van der Waals surface area (Å²) in [5.41, 5.74) is -4.76. The number of aliphatic hydroxyl groups is 2. The molecule has 4 N–H and O–H groups in total. The SMILES string of the molecule is C=CC(C)(C)C12Nc3ccccc3C1(O)CC1C(=O)N3C(CC4(O)c5ccccc5NC34C(C)(C)C=C)C(=O)N12. The first-order valence-electron chi connectivity index (χ1n) is 13.9. The molecular weight excluding hydrogens is 504 g/mol. The van der Waals surface area contributed by atoms with Gasteiger partial charge in [0.05, 0.1) is 0 Å². The van der Waals surface area contributed by atoms with Crippen LogP contribution >= 0.6 is 0 Å². The van der Waals surface area contributed by atoms with E-state index in [0.29, 0.717) is 11.1 Å². The molecule has 8 nitrogen and oxygen atoms in total. The number of hydrogen-bond donors (Lipinski definition) is 4. The summed E-state index contributed by atoms with van der Waals surface area (Å²) in [4.78, 5) is 32.9. The highest BCUT2D eigenvalue weighted by molar-refractivity contribution is 6.02. The number of benzene rings is 2. The average Bonchev–Trinajstić information content (AvgIpc) is 3.55. The molecule has 0 spiro atoms. The van der Waals surface area contributed by atoms with Crippen LogP contribution in [0.1, 0.15) is 51.7 Å². The van der Waals surface area contributed by atoms with E-state index in [1.165, 1.54) is 0 Å². The Morgan fingerprint density at radius 2 is 1.10 bits per heavy atom. The van der Waals surface area contributed by atoms with E-state index in [1.54, 1.807) is 22.0 Å². The Labute approximate surface area is 234 Å². The lowest BCUT2D eigenvalue weighted by molar-refractivity contribution is -0.178. The fourth-order valence-electron chi connectivity index (χ4n) is 8.79. The van der Waals surface area contributed by atoms with E-state index in [9.17, 15) is 19.8 Å². The number of para-hydroxylation sites is 2. The molecule has 0 aliphatic carbocycles. The smallest absolute Gasteiger partial charge is 0.248 e. The Bertz CT molecular complexity index is 1420. The number of amides is 2. The fraction of sp³-hybridized carbons (Fsp3) is 0.438. The molecule has 6 unspecified atom stereocenters. The van der Waals surface area contributed by atoms with Gasteiger partial charge in [-0.25, -0.2) is 0 Å². The van der Waals surface area contributed by atoms with Gasteiger partial charge in [-0.15, -0.1) is 13.2 Å². The number of carbonyl (C=O) groups is 2. The lowest BCUT2D eigenvalue weighted by atomic mass is 9.68. The monoisotopic (exact) mass is 540 g/mol. The summed E-state index contributed by atoms with van der Waals surface area (Å²) in [6.45, 7) is 15.8. The number of rotatable bonds is 4. The van der Waals surface area contributed by atoms with Crippen molar-refractivity contribution >= 4 is 23.2 Å². The number of fused-ring (bicyclic) bond motifs is 10. The number of nitrogens with zero attached hydrogens (tertiary/aromatic N) is 2. The standard InChI is InChI=1S/C32H36N4O4/c1-7-27(3,4)31-29(39,19-13-9-11-15-21(19)33-31)17-23-26(38)36-24(25(37)35(23)31)18-30(40)20-14-10-12-16-22(20)34-32(30,36)28(5,6)8-2/h7-16,23-24,33-34,39-40H,1-2,17-18H2,3-6H3. The van der Waals surface area contributed by atoms with Gasteiger partial charge in [0.2, 0.25) is 11.8 Å². The van der Waals surface area contributed by atoms with Crippen LogP contribution in [0.25, 0.3) is 0 Å². The quantitative estimate of drug-likeness (QED) is 0.442. The fourth-order valence-corrected chi connectivity index (χ4v) is 8.79. The summed E-state index contributed by atoms with van der Waals surface area (Å²) < 4.78 is 0. The van der Waals surface area contributed by atoms with Gasteiger partial charge in [0.1, 0.15) is 23.3 Å². The normalized spacial score (nSPS) is 37.0. The third-order valence-electron chi connectivity index (χ3n) is 10.8. The number of nitrogens with one attached hydrogen (secondary N) is 2. The largest absolute Gasteiger partial charge is 0.380 e. The summed E-state index contributed by atoms with van der Waals surface area (Å²) in [5, 5.41) is 32.3. The van der Waals surface area contributed by atoms with Gasteiger partial charge in [-0.1, -0.05) is 76.2 Å². The molecule has 0 radical (unpaired) electrons. The summed E-state index contributed by atoms with van der Waals surface area (Å²) in [5.74, 6) is -0.616. The van der Waals surface area contributed by atoms with Crippen molar-refractivity contribution in [3.05, 3.63) is 85.0 Å². The Morgan fingerprint density at radius 1 is 0.750 bits per heavy atom. The highest BCUT2D eigenvalue weighted by atomic mass is 16.3. The van der Waals surface area contributed by atoms with Gasteiger partial charge in [-0.05, 0) is 12.1 Å². The second-order valence-corrected chi connectivity index (χ2v) is 13.2. The first-order valence-corrected chi connectivity index (χ1v) is 13.9. The molecular formula is C32H36N4O4. The van der Waals surface area contributed by atoms with Gasteiger partial charge >= 0.3 is 0 Å². The zero-order chi connectivity index (χ0) is 28.7. The molecule has 5 heterocycles. The van der Waals surface area contributed by atoms with Crippen molar-refractivity contribution in [2.45, 2.75) is 75.1 Å². The van der Waals surface area contributed by atoms with Gasteiger partial charge in [-0.2, -0.15) is 0 Å². The zero-order valence-electron chi connectivity index (χ0n) is 23.4. The zero-order valence-corrected chi connectivity index (χ0v) is 23.4. The molecule has 0 bridgehead atoms. The van der Waals surface area contributed by atoms with Gasteiger partial charge < -0.3 is 30.6 Å². The van der Waals surface area contributed by atoms with Gasteiger partial charge in [0, 0.05) is 46.2 Å². The van der Waals surface area contributed by atoms with Crippen molar-refractivity contribution in [3.8, 4) is 0 Å². The molecule has 3 saturated heterocycles. The van der Waals surface area contributed by atoms with Crippen LogP contribution in [0.15, 0.2) is 73.8 Å². The molecule has 2 aromatic carbocycles. The van der Waals surface area contributed by atoms with Crippen molar-refractivity contribution < 1.29 is 19.8 Å². The minimum Gasteiger partial charge on any atom is -0.380 e. The van der Waals surface area contributed by atoms with Gasteiger partial charge in [0.25, 0.3) is 0 Å². The molecule has 0 saturated carbocycles. The predicted molar refractivity (Wildman–Crippen MR) is 152 cm³/mol. The summed E-state index contributed by atoms with van der Waals surface area (Å²) in [6, 6.07) is 13.0. The third kappa shape index (κ3) is 2.32. The van der Waals surface area contributed by atoms with Gasteiger partial charge in [-0.3, -0.25) is 9.59 Å². The van der Waals surface area contributed by atoms with Crippen molar-refractivity contribution in [1.82, 2.24) is 9.80 Å².